The number of likely N-dealkylation sites (tertiary alicyclic amines) is 1. The third kappa shape index (κ3) is 6.13. The van der Waals surface area contributed by atoms with Crippen molar-refractivity contribution in [1.29, 1.82) is 0 Å². The maximum Gasteiger partial charge on any atom is 0.266 e. The number of amides is 1. The Labute approximate surface area is 253 Å². The van der Waals surface area contributed by atoms with Crippen LogP contribution >= 0.6 is 34.5 Å². The molecule has 0 unspecified atom stereocenters. The molecule has 1 aliphatic heterocycles. The van der Waals surface area contributed by atoms with Gasteiger partial charge in [-0.2, -0.15) is 0 Å². The molecule has 1 amide bonds. The summed E-state index contributed by atoms with van der Waals surface area (Å²) in [6, 6.07) is 14.4. The Kier molecular flexibility index (Phi) is 8.97. The smallest absolute Gasteiger partial charge is 0.266 e. The number of allylic oxidation sites excluding steroid dienone is 1. The summed E-state index contributed by atoms with van der Waals surface area (Å²) in [5.74, 6) is 0.340. The van der Waals surface area contributed by atoms with Crippen molar-refractivity contribution in [2.45, 2.75) is 40.0 Å². The highest BCUT2D eigenvalue weighted by Crippen LogP contribution is 2.35. The lowest BCUT2D eigenvalue weighted by molar-refractivity contribution is 0.0723. The van der Waals surface area contributed by atoms with Gasteiger partial charge >= 0.3 is 0 Å². The molecule has 0 radical (unpaired) electrons. The number of pyridine rings is 1. The Bertz CT molecular complexity index is 1660. The van der Waals surface area contributed by atoms with E-state index in [-0.39, 0.29) is 11.5 Å². The van der Waals surface area contributed by atoms with Gasteiger partial charge in [0.25, 0.3) is 11.5 Å². The second-order valence-corrected chi connectivity index (χ2v) is 11.8. The lowest BCUT2D eigenvalue weighted by atomic mass is 10.0. The molecule has 1 fully saturated rings. The van der Waals surface area contributed by atoms with Crippen molar-refractivity contribution >= 4 is 46.5 Å². The van der Waals surface area contributed by atoms with E-state index in [4.69, 9.17) is 32.9 Å². The quantitative estimate of drug-likeness (QED) is 0.211. The zero-order valence-electron chi connectivity index (χ0n) is 23.2. The first-order valence-electron chi connectivity index (χ1n) is 13.7. The van der Waals surface area contributed by atoms with Gasteiger partial charge in [0.15, 0.2) is 0 Å². The maximum atomic E-state index is 14.5. The molecule has 2 aromatic heterocycles. The minimum Gasteiger partial charge on any atom is -0.492 e. The molecule has 0 aliphatic carbocycles. The van der Waals surface area contributed by atoms with Crippen molar-refractivity contribution in [3.8, 4) is 33.3 Å². The van der Waals surface area contributed by atoms with E-state index in [9.17, 15) is 9.59 Å². The average molecular weight is 609 g/mol. The minimum absolute atomic E-state index is 0.119. The molecule has 0 atom stereocenters. The fourth-order valence-electron chi connectivity index (χ4n) is 5.00. The number of carbonyl (C=O) groups excluding carboxylic acids is 1. The molecule has 0 spiro atoms. The molecule has 4 aromatic rings. The van der Waals surface area contributed by atoms with E-state index in [1.165, 1.54) is 15.9 Å². The number of hydrogen-bond acceptors (Lipinski definition) is 5. The summed E-state index contributed by atoms with van der Waals surface area (Å²) >= 11 is 14.2. The first-order valence-corrected chi connectivity index (χ1v) is 15.3. The molecule has 41 heavy (non-hydrogen) atoms. The number of thiazole rings is 1. The molecular weight excluding hydrogens is 577 g/mol. The fourth-order valence-corrected chi connectivity index (χ4v) is 6.21. The standard InChI is InChI=1S/C32H31Cl2N3O3S/c1-4-40-28-10-8-9-25(34)29(28)37-27(17-20(2)3)23(31(38)36-15-6-5-7-16-36)18-24(32(37)39)30-35-26(19-41-30)21-11-13-22(33)14-12-21/h8-14,17-19H,4-7,15-16H2,1-3H3. The average Bonchev–Trinajstić information content (AvgIpc) is 3.45. The predicted octanol–water partition coefficient (Wildman–Crippen LogP) is 8.38. The van der Waals surface area contributed by atoms with Crippen molar-refractivity contribution in [3.05, 3.63) is 91.1 Å². The number of halogens is 2. The number of carbonyl (C=O) groups is 1. The molecule has 0 N–H and O–H groups in total. The van der Waals surface area contributed by atoms with E-state index in [0.29, 0.717) is 63.0 Å². The lowest BCUT2D eigenvalue weighted by Crippen LogP contribution is -2.37. The van der Waals surface area contributed by atoms with Gasteiger partial charge in [-0.3, -0.25) is 14.2 Å². The largest absolute Gasteiger partial charge is 0.492 e. The molecule has 0 bridgehead atoms. The molecule has 0 saturated carbocycles. The Balaban J connectivity index is 1.81. The summed E-state index contributed by atoms with van der Waals surface area (Å²) in [5.41, 5.74) is 3.82. The highest BCUT2D eigenvalue weighted by molar-refractivity contribution is 7.13. The Morgan fingerprint density at radius 3 is 2.49 bits per heavy atom. The van der Waals surface area contributed by atoms with E-state index in [1.54, 1.807) is 36.4 Å². The topological polar surface area (TPSA) is 64.4 Å². The molecule has 212 valence electrons. The van der Waals surface area contributed by atoms with Crippen LogP contribution in [0.2, 0.25) is 10.0 Å². The number of aromatic nitrogens is 2. The second kappa shape index (κ2) is 12.6. The number of benzene rings is 2. The highest BCUT2D eigenvalue weighted by Gasteiger charge is 2.28. The van der Waals surface area contributed by atoms with Gasteiger partial charge in [0.2, 0.25) is 0 Å². The van der Waals surface area contributed by atoms with Gasteiger partial charge < -0.3 is 9.64 Å². The van der Waals surface area contributed by atoms with E-state index in [2.05, 4.69) is 0 Å². The zero-order valence-corrected chi connectivity index (χ0v) is 25.6. The summed E-state index contributed by atoms with van der Waals surface area (Å²) in [6.45, 7) is 7.49. The highest BCUT2D eigenvalue weighted by atomic mass is 35.5. The molecular formula is C32H31Cl2N3O3S. The van der Waals surface area contributed by atoms with E-state index >= 15 is 0 Å². The summed E-state index contributed by atoms with van der Waals surface area (Å²) in [6.07, 6.45) is 4.86. The van der Waals surface area contributed by atoms with E-state index < -0.39 is 0 Å². The minimum atomic E-state index is -0.334. The molecule has 3 heterocycles. The van der Waals surface area contributed by atoms with Crippen molar-refractivity contribution in [3.63, 3.8) is 0 Å². The first-order chi connectivity index (χ1) is 19.8. The summed E-state index contributed by atoms with van der Waals surface area (Å²) in [5, 5.41) is 3.39. The van der Waals surface area contributed by atoms with E-state index in [0.717, 1.165) is 36.1 Å². The number of para-hydroxylation sites is 1. The van der Waals surface area contributed by atoms with Gasteiger partial charge in [0.05, 0.1) is 34.1 Å². The van der Waals surface area contributed by atoms with Gasteiger partial charge in [0.1, 0.15) is 16.4 Å². The van der Waals surface area contributed by atoms with Crippen LogP contribution < -0.4 is 10.3 Å². The predicted molar refractivity (Wildman–Crippen MR) is 169 cm³/mol. The van der Waals surface area contributed by atoms with Crippen LogP contribution in [0.25, 0.3) is 33.6 Å². The van der Waals surface area contributed by atoms with Crippen LogP contribution in [0.1, 0.15) is 56.1 Å². The number of ether oxygens (including phenoxy) is 1. The van der Waals surface area contributed by atoms with Gasteiger partial charge in [-0.25, -0.2) is 4.98 Å². The van der Waals surface area contributed by atoms with Crippen LogP contribution in [0.5, 0.6) is 5.75 Å². The fraction of sp³-hybridized carbons (Fsp3) is 0.281. The molecule has 5 rings (SSSR count). The van der Waals surface area contributed by atoms with Crippen LogP contribution in [0.15, 0.2) is 64.3 Å². The van der Waals surface area contributed by atoms with Crippen LogP contribution in [-0.4, -0.2) is 40.1 Å². The van der Waals surface area contributed by atoms with E-state index in [1.807, 2.05) is 49.3 Å². The normalized spacial score (nSPS) is 13.2. The van der Waals surface area contributed by atoms with Gasteiger partial charge in [-0.1, -0.05) is 47.0 Å². The molecule has 1 aliphatic rings. The number of piperidine rings is 1. The van der Waals surface area contributed by atoms with Gasteiger partial charge in [-0.05, 0) is 76.4 Å². The number of nitrogens with zero attached hydrogens (tertiary/aromatic N) is 3. The SMILES string of the molecule is CCOc1cccc(Cl)c1-n1c(C=C(C)C)c(C(=O)N2CCCCC2)cc(-c2nc(-c3ccc(Cl)cc3)cs2)c1=O. The first kappa shape index (κ1) is 29.1. The Morgan fingerprint density at radius 2 is 1.80 bits per heavy atom. The van der Waals surface area contributed by atoms with Crippen LogP contribution in [0.3, 0.4) is 0 Å². The van der Waals surface area contributed by atoms with Crippen LogP contribution in [0.4, 0.5) is 0 Å². The van der Waals surface area contributed by atoms with Gasteiger partial charge in [-0.15, -0.1) is 11.3 Å². The van der Waals surface area contributed by atoms with Crippen LogP contribution in [0, 0.1) is 0 Å². The maximum absolute atomic E-state index is 14.5. The summed E-state index contributed by atoms with van der Waals surface area (Å²) < 4.78 is 7.46. The molecule has 6 nitrogen and oxygen atoms in total. The molecule has 1 saturated heterocycles. The zero-order chi connectivity index (χ0) is 29.1. The second-order valence-electron chi connectivity index (χ2n) is 10.1. The Hall–Kier alpha value is -3.39. The van der Waals surface area contributed by atoms with Crippen molar-refractivity contribution < 1.29 is 9.53 Å². The monoisotopic (exact) mass is 607 g/mol. The third-order valence-corrected chi connectivity index (χ3v) is 8.32. The molecule has 9 heteroatoms. The van der Waals surface area contributed by atoms with Crippen molar-refractivity contribution in [2.24, 2.45) is 0 Å². The number of hydrogen-bond donors (Lipinski definition) is 0. The van der Waals surface area contributed by atoms with Gasteiger partial charge in [0, 0.05) is 29.1 Å². The van der Waals surface area contributed by atoms with Crippen molar-refractivity contribution in [1.82, 2.24) is 14.5 Å². The van der Waals surface area contributed by atoms with Crippen LogP contribution in [-0.2, 0) is 0 Å². The summed E-state index contributed by atoms with van der Waals surface area (Å²) in [4.78, 5) is 35.3. The van der Waals surface area contributed by atoms with Crippen molar-refractivity contribution in [2.75, 3.05) is 19.7 Å². The lowest BCUT2D eigenvalue weighted by Gasteiger charge is -2.28. The summed E-state index contributed by atoms with van der Waals surface area (Å²) in [7, 11) is 0. The number of rotatable bonds is 7. The Morgan fingerprint density at radius 1 is 1.07 bits per heavy atom. The third-order valence-electron chi connectivity index (χ3n) is 6.89. The molecule has 2 aromatic carbocycles.